The Bertz CT molecular complexity index is 602. The standard InChI is InChI=1S/C16H24N2O2S/c1-13-3-5-15(6-4-13)17-21(19,20)18-12-11-16(18)9-7-14(2)8-10-16/h3-6,14,17H,7-12H2,1-2H3. The maximum Gasteiger partial charge on any atom is 0.302 e. The van der Waals surface area contributed by atoms with Gasteiger partial charge in [-0.1, -0.05) is 24.6 Å². The number of aryl methyl sites for hydroxylation is 1. The lowest BCUT2D eigenvalue weighted by molar-refractivity contribution is 0.0217. The van der Waals surface area contributed by atoms with E-state index in [2.05, 4.69) is 11.6 Å². The van der Waals surface area contributed by atoms with Crippen LogP contribution in [-0.4, -0.2) is 24.8 Å². The Morgan fingerprint density at radius 1 is 1.14 bits per heavy atom. The quantitative estimate of drug-likeness (QED) is 0.931. The van der Waals surface area contributed by atoms with Gasteiger partial charge in [0.15, 0.2) is 0 Å². The van der Waals surface area contributed by atoms with E-state index in [1.54, 1.807) is 4.31 Å². The summed E-state index contributed by atoms with van der Waals surface area (Å²) in [5.41, 5.74) is 1.66. The number of hydrogen-bond acceptors (Lipinski definition) is 2. The first-order valence-electron chi connectivity index (χ1n) is 7.79. The second-order valence-corrected chi connectivity index (χ2v) is 8.30. The fraction of sp³-hybridized carbons (Fsp3) is 0.625. The van der Waals surface area contributed by atoms with Crippen molar-refractivity contribution in [1.82, 2.24) is 4.31 Å². The van der Waals surface area contributed by atoms with Crippen molar-refractivity contribution in [1.29, 1.82) is 0 Å². The molecular formula is C16H24N2O2S. The third-order valence-corrected chi connectivity index (χ3v) is 6.75. The Kier molecular flexibility index (Phi) is 3.74. The third-order valence-electron chi connectivity index (χ3n) is 5.10. The van der Waals surface area contributed by atoms with Crippen LogP contribution in [0.2, 0.25) is 0 Å². The molecule has 1 aliphatic carbocycles. The highest BCUT2D eigenvalue weighted by Gasteiger charge is 2.51. The summed E-state index contributed by atoms with van der Waals surface area (Å²) >= 11 is 0. The molecule has 116 valence electrons. The molecule has 21 heavy (non-hydrogen) atoms. The molecule has 1 heterocycles. The summed E-state index contributed by atoms with van der Waals surface area (Å²) in [6, 6.07) is 7.49. The van der Waals surface area contributed by atoms with E-state index >= 15 is 0 Å². The molecule has 0 aromatic heterocycles. The van der Waals surface area contributed by atoms with Crippen LogP contribution in [0.3, 0.4) is 0 Å². The van der Waals surface area contributed by atoms with Gasteiger partial charge < -0.3 is 0 Å². The average Bonchev–Trinajstić information content (AvgIpc) is 2.40. The summed E-state index contributed by atoms with van der Waals surface area (Å²) in [4.78, 5) is 0. The molecule has 0 unspecified atom stereocenters. The average molecular weight is 308 g/mol. The van der Waals surface area contributed by atoms with E-state index in [0.717, 1.165) is 43.6 Å². The van der Waals surface area contributed by atoms with E-state index in [9.17, 15) is 8.42 Å². The summed E-state index contributed by atoms with van der Waals surface area (Å²) in [7, 11) is -3.43. The zero-order valence-corrected chi connectivity index (χ0v) is 13.6. The van der Waals surface area contributed by atoms with Crippen LogP contribution in [-0.2, 0) is 10.2 Å². The Morgan fingerprint density at radius 3 is 2.29 bits per heavy atom. The molecule has 5 heteroatoms. The summed E-state index contributed by atoms with van der Waals surface area (Å²) < 4.78 is 29.7. The van der Waals surface area contributed by atoms with Crippen molar-refractivity contribution in [3.63, 3.8) is 0 Å². The fourth-order valence-corrected chi connectivity index (χ4v) is 5.18. The number of hydrogen-bond donors (Lipinski definition) is 1. The predicted octanol–water partition coefficient (Wildman–Crippen LogP) is 3.31. The highest BCUT2D eigenvalue weighted by Crippen LogP contribution is 2.46. The van der Waals surface area contributed by atoms with Gasteiger partial charge in [-0.25, -0.2) is 0 Å². The van der Waals surface area contributed by atoms with Gasteiger partial charge in [-0.05, 0) is 57.1 Å². The van der Waals surface area contributed by atoms with Crippen LogP contribution in [0.5, 0.6) is 0 Å². The van der Waals surface area contributed by atoms with Gasteiger partial charge in [0.05, 0.1) is 0 Å². The number of anilines is 1. The summed E-state index contributed by atoms with van der Waals surface area (Å²) in [6.07, 6.45) is 5.29. The molecule has 2 fully saturated rings. The Hall–Kier alpha value is -1.07. The van der Waals surface area contributed by atoms with Crippen molar-refractivity contribution in [3.05, 3.63) is 29.8 Å². The van der Waals surface area contributed by atoms with Gasteiger partial charge in [-0.2, -0.15) is 12.7 Å². The van der Waals surface area contributed by atoms with Crippen LogP contribution in [0.1, 0.15) is 44.6 Å². The first kappa shape index (κ1) is 14.9. The second-order valence-electron chi connectivity index (χ2n) is 6.70. The van der Waals surface area contributed by atoms with Crippen molar-refractivity contribution in [2.24, 2.45) is 5.92 Å². The van der Waals surface area contributed by atoms with Gasteiger partial charge in [0.1, 0.15) is 0 Å². The lowest BCUT2D eigenvalue weighted by atomic mass is 9.71. The SMILES string of the molecule is Cc1ccc(NS(=O)(=O)N2CCC23CCC(C)CC3)cc1. The minimum Gasteiger partial charge on any atom is -0.271 e. The molecule has 0 amide bonds. The molecule has 4 nitrogen and oxygen atoms in total. The van der Waals surface area contributed by atoms with Gasteiger partial charge in [0, 0.05) is 17.8 Å². The number of benzene rings is 1. The first-order valence-corrected chi connectivity index (χ1v) is 9.23. The topological polar surface area (TPSA) is 49.4 Å². The highest BCUT2D eigenvalue weighted by atomic mass is 32.2. The number of nitrogens with zero attached hydrogens (tertiary/aromatic N) is 1. The van der Waals surface area contributed by atoms with Gasteiger partial charge in [-0.15, -0.1) is 0 Å². The molecule has 1 saturated heterocycles. The zero-order valence-electron chi connectivity index (χ0n) is 12.8. The highest BCUT2D eigenvalue weighted by molar-refractivity contribution is 7.90. The minimum absolute atomic E-state index is 0.108. The summed E-state index contributed by atoms with van der Waals surface area (Å²) in [5, 5.41) is 0. The van der Waals surface area contributed by atoms with E-state index in [1.165, 1.54) is 0 Å². The van der Waals surface area contributed by atoms with Crippen molar-refractivity contribution in [2.45, 2.75) is 51.5 Å². The largest absolute Gasteiger partial charge is 0.302 e. The maximum absolute atomic E-state index is 12.6. The molecular weight excluding hydrogens is 284 g/mol. The molecule has 3 rings (SSSR count). The van der Waals surface area contributed by atoms with Crippen LogP contribution >= 0.6 is 0 Å². The molecule has 0 atom stereocenters. The maximum atomic E-state index is 12.6. The third kappa shape index (κ3) is 2.81. The summed E-state index contributed by atoms with van der Waals surface area (Å²) in [6.45, 7) is 4.90. The molecule has 0 bridgehead atoms. The minimum atomic E-state index is -3.43. The molecule has 1 aromatic rings. The lowest BCUT2D eigenvalue weighted by Crippen LogP contribution is -2.64. The van der Waals surface area contributed by atoms with E-state index in [0.29, 0.717) is 12.2 Å². The second kappa shape index (κ2) is 5.29. The Labute approximate surface area is 127 Å². The Balaban J connectivity index is 1.74. The predicted molar refractivity (Wildman–Crippen MR) is 85.4 cm³/mol. The van der Waals surface area contributed by atoms with Crippen molar-refractivity contribution < 1.29 is 8.42 Å². The first-order chi connectivity index (χ1) is 9.91. The van der Waals surface area contributed by atoms with Gasteiger partial charge >= 0.3 is 10.2 Å². The van der Waals surface area contributed by atoms with Crippen molar-refractivity contribution in [3.8, 4) is 0 Å². The van der Waals surface area contributed by atoms with Crippen LogP contribution in [0.4, 0.5) is 5.69 Å². The molecule has 1 spiro atoms. The zero-order chi connectivity index (χ0) is 15.1. The molecule has 1 saturated carbocycles. The Morgan fingerprint density at radius 2 is 1.76 bits per heavy atom. The van der Waals surface area contributed by atoms with Gasteiger partial charge in [0.25, 0.3) is 0 Å². The molecule has 1 N–H and O–H groups in total. The molecule has 1 aromatic carbocycles. The van der Waals surface area contributed by atoms with Crippen LogP contribution in [0.25, 0.3) is 0 Å². The fourth-order valence-electron chi connectivity index (χ4n) is 3.52. The van der Waals surface area contributed by atoms with E-state index in [4.69, 9.17) is 0 Å². The van der Waals surface area contributed by atoms with Crippen molar-refractivity contribution >= 4 is 15.9 Å². The summed E-state index contributed by atoms with van der Waals surface area (Å²) in [5.74, 6) is 0.728. The van der Waals surface area contributed by atoms with Crippen LogP contribution in [0.15, 0.2) is 24.3 Å². The molecule has 0 radical (unpaired) electrons. The molecule has 2 aliphatic rings. The van der Waals surface area contributed by atoms with Crippen molar-refractivity contribution in [2.75, 3.05) is 11.3 Å². The van der Waals surface area contributed by atoms with Crippen LogP contribution in [0, 0.1) is 12.8 Å². The van der Waals surface area contributed by atoms with E-state index in [-0.39, 0.29) is 5.54 Å². The van der Waals surface area contributed by atoms with Gasteiger partial charge in [-0.3, -0.25) is 4.72 Å². The lowest BCUT2D eigenvalue weighted by Gasteiger charge is -2.54. The van der Waals surface area contributed by atoms with Crippen LogP contribution < -0.4 is 4.72 Å². The van der Waals surface area contributed by atoms with Gasteiger partial charge in [0.2, 0.25) is 0 Å². The number of rotatable bonds is 3. The number of nitrogens with one attached hydrogen (secondary N) is 1. The molecule has 1 aliphatic heterocycles. The van der Waals surface area contributed by atoms with E-state index in [1.807, 2.05) is 31.2 Å². The van der Waals surface area contributed by atoms with E-state index < -0.39 is 10.2 Å². The smallest absolute Gasteiger partial charge is 0.271 e. The monoisotopic (exact) mass is 308 g/mol. The normalized spacial score (nSPS) is 30.1.